The molecule has 2 aromatic rings. The van der Waals surface area contributed by atoms with Gasteiger partial charge < -0.3 is 24.9 Å². The lowest BCUT2D eigenvalue weighted by Gasteiger charge is -2.14. The van der Waals surface area contributed by atoms with Crippen LogP contribution < -0.4 is 20.8 Å². The van der Waals surface area contributed by atoms with Crippen LogP contribution in [0.2, 0.25) is 0 Å². The van der Waals surface area contributed by atoms with E-state index in [9.17, 15) is 20.1 Å². The number of nitrogens with zero attached hydrogens (tertiary/aromatic N) is 2. The Morgan fingerprint density at radius 3 is 2.54 bits per heavy atom. The number of nitriles is 2. The number of methoxy groups -OCH3 is 1. The van der Waals surface area contributed by atoms with Gasteiger partial charge in [-0.3, -0.25) is 9.59 Å². The van der Waals surface area contributed by atoms with Crippen molar-refractivity contribution >= 4 is 11.8 Å². The largest absolute Gasteiger partial charge is 0.493 e. The quantitative estimate of drug-likeness (QED) is 0.687. The number of benzene rings is 1. The summed E-state index contributed by atoms with van der Waals surface area (Å²) in [7, 11) is 1.44. The molecule has 0 aliphatic heterocycles. The predicted molar refractivity (Wildman–Crippen MR) is 99.6 cm³/mol. The Hall–Kier alpha value is -3.98. The zero-order valence-corrected chi connectivity index (χ0v) is 15.4. The van der Waals surface area contributed by atoms with Crippen molar-refractivity contribution in [2.24, 2.45) is 0 Å². The number of nitrogens with two attached hydrogens (primary N) is 1. The summed E-state index contributed by atoms with van der Waals surface area (Å²) in [6, 6.07) is 8.36. The second-order valence-electron chi connectivity index (χ2n) is 5.49. The van der Waals surface area contributed by atoms with E-state index in [4.69, 9.17) is 19.9 Å². The van der Waals surface area contributed by atoms with Gasteiger partial charge in [0.25, 0.3) is 5.56 Å². The molecule has 0 radical (unpaired) electrons. The highest BCUT2D eigenvalue weighted by molar-refractivity contribution is 5.81. The van der Waals surface area contributed by atoms with E-state index in [0.29, 0.717) is 11.3 Å². The minimum absolute atomic E-state index is 0.0289. The number of ether oxygens (including phenoxy) is 3. The summed E-state index contributed by atoms with van der Waals surface area (Å²) >= 11 is 0. The second kappa shape index (κ2) is 9.10. The molecule has 1 heterocycles. The summed E-state index contributed by atoms with van der Waals surface area (Å²) in [5, 5.41) is 18.8. The summed E-state index contributed by atoms with van der Waals surface area (Å²) in [5.74, 6) is 0.110. The predicted octanol–water partition coefficient (Wildman–Crippen LogP) is 1.71. The van der Waals surface area contributed by atoms with E-state index in [2.05, 4.69) is 4.98 Å². The molecule has 0 saturated carbocycles. The zero-order valence-electron chi connectivity index (χ0n) is 15.4. The normalized spacial score (nSPS) is 9.86. The molecule has 1 aromatic carbocycles. The van der Waals surface area contributed by atoms with Crippen molar-refractivity contribution < 1.29 is 19.0 Å². The standard InChI is InChI=1S/C19H18N4O5/c1-3-27-16(24)6-7-28-15-8-11(4-5-14(15)26-2)17-12(9-20)18(22)23-19(25)13(17)10-21/h4-5,8H,3,6-7H2,1-2H3,(H3,22,23,25). The van der Waals surface area contributed by atoms with Gasteiger partial charge in [0.05, 0.1) is 26.7 Å². The summed E-state index contributed by atoms with van der Waals surface area (Å²) in [4.78, 5) is 25.8. The molecule has 2 rings (SSSR count). The van der Waals surface area contributed by atoms with Crippen LogP contribution in [-0.4, -0.2) is 31.3 Å². The molecule has 144 valence electrons. The number of aromatic amines is 1. The average molecular weight is 382 g/mol. The fraction of sp³-hybridized carbons (Fsp3) is 0.263. The van der Waals surface area contributed by atoms with E-state index in [-0.39, 0.29) is 47.9 Å². The fourth-order valence-corrected chi connectivity index (χ4v) is 2.55. The SMILES string of the molecule is CCOC(=O)CCOc1cc(-c2c(C#N)c(N)[nH]c(=O)c2C#N)ccc1OC. The number of carbonyl (C=O) groups excluding carboxylic acids is 1. The van der Waals surface area contributed by atoms with Gasteiger partial charge in [0.2, 0.25) is 0 Å². The van der Waals surface area contributed by atoms with E-state index >= 15 is 0 Å². The van der Waals surface area contributed by atoms with Crippen LogP contribution >= 0.6 is 0 Å². The van der Waals surface area contributed by atoms with Crippen LogP contribution in [0, 0.1) is 22.7 Å². The van der Waals surface area contributed by atoms with E-state index < -0.39 is 11.5 Å². The molecule has 0 aliphatic rings. The molecule has 0 spiro atoms. The molecule has 3 N–H and O–H groups in total. The van der Waals surface area contributed by atoms with Gasteiger partial charge in [0.15, 0.2) is 11.5 Å². The first kappa shape index (κ1) is 20.3. The van der Waals surface area contributed by atoms with Crippen molar-refractivity contribution in [1.82, 2.24) is 4.98 Å². The highest BCUT2D eigenvalue weighted by atomic mass is 16.5. The Morgan fingerprint density at radius 1 is 1.21 bits per heavy atom. The second-order valence-corrected chi connectivity index (χ2v) is 5.49. The number of rotatable bonds is 7. The third-order valence-corrected chi connectivity index (χ3v) is 3.79. The van der Waals surface area contributed by atoms with Gasteiger partial charge in [-0.1, -0.05) is 6.07 Å². The number of nitrogens with one attached hydrogen (secondary N) is 1. The Balaban J connectivity index is 2.49. The van der Waals surface area contributed by atoms with E-state index in [0.717, 1.165) is 0 Å². The van der Waals surface area contributed by atoms with Gasteiger partial charge in [-0.15, -0.1) is 0 Å². The van der Waals surface area contributed by atoms with Crippen LogP contribution in [0.4, 0.5) is 5.82 Å². The van der Waals surface area contributed by atoms with E-state index in [1.807, 2.05) is 6.07 Å². The zero-order chi connectivity index (χ0) is 20.7. The van der Waals surface area contributed by atoms with Crippen molar-refractivity contribution in [2.75, 3.05) is 26.1 Å². The third-order valence-electron chi connectivity index (χ3n) is 3.79. The number of aromatic nitrogens is 1. The van der Waals surface area contributed by atoms with Crippen LogP contribution in [-0.2, 0) is 9.53 Å². The van der Waals surface area contributed by atoms with Crippen LogP contribution in [0.3, 0.4) is 0 Å². The molecular formula is C19H18N4O5. The molecular weight excluding hydrogens is 364 g/mol. The van der Waals surface area contributed by atoms with Crippen molar-refractivity contribution in [3.63, 3.8) is 0 Å². The van der Waals surface area contributed by atoms with Gasteiger partial charge >= 0.3 is 5.97 Å². The third kappa shape index (κ3) is 4.22. The van der Waals surface area contributed by atoms with Crippen molar-refractivity contribution in [1.29, 1.82) is 10.5 Å². The molecule has 1 aromatic heterocycles. The maximum atomic E-state index is 12.1. The number of nitrogen functional groups attached to an aromatic ring is 1. The minimum atomic E-state index is -0.699. The van der Waals surface area contributed by atoms with Gasteiger partial charge in [0, 0.05) is 5.56 Å². The first-order valence-electron chi connectivity index (χ1n) is 8.29. The maximum Gasteiger partial charge on any atom is 0.309 e. The summed E-state index contributed by atoms with van der Waals surface area (Å²) in [6.45, 7) is 2.01. The Labute approximate surface area is 160 Å². The highest BCUT2D eigenvalue weighted by Crippen LogP contribution is 2.35. The molecule has 0 saturated heterocycles. The summed E-state index contributed by atoms with van der Waals surface area (Å²) in [6.07, 6.45) is 0.0338. The van der Waals surface area contributed by atoms with Crippen molar-refractivity contribution in [3.05, 3.63) is 39.7 Å². The topological polar surface area (TPSA) is 151 Å². The molecule has 28 heavy (non-hydrogen) atoms. The lowest BCUT2D eigenvalue weighted by atomic mass is 9.96. The Bertz CT molecular complexity index is 1030. The summed E-state index contributed by atoms with van der Waals surface area (Å²) < 4.78 is 15.7. The number of esters is 1. The van der Waals surface area contributed by atoms with Gasteiger partial charge in [-0.25, -0.2) is 0 Å². The van der Waals surface area contributed by atoms with Gasteiger partial charge in [0.1, 0.15) is 29.1 Å². The van der Waals surface area contributed by atoms with Crippen molar-refractivity contribution in [3.8, 4) is 34.8 Å². The van der Waals surface area contributed by atoms with Crippen LogP contribution in [0.5, 0.6) is 11.5 Å². The molecule has 0 aliphatic carbocycles. The van der Waals surface area contributed by atoms with Crippen LogP contribution in [0.1, 0.15) is 24.5 Å². The Kier molecular flexibility index (Phi) is 6.61. The Morgan fingerprint density at radius 2 is 1.93 bits per heavy atom. The smallest absolute Gasteiger partial charge is 0.309 e. The van der Waals surface area contributed by atoms with Gasteiger partial charge in [-0.2, -0.15) is 10.5 Å². The van der Waals surface area contributed by atoms with E-state index in [1.165, 1.54) is 13.2 Å². The van der Waals surface area contributed by atoms with Crippen molar-refractivity contribution in [2.45, 2.75) is 13.3 Å². The molecule has 0 fully saturated rings. The van der Waals surface area contributed by atoms with Gasteiger partial charge in [-0.05, 0) is 24.6 Å². The van der Waals surface area contributed by atoms with Crippen LogP contribution in [0.15, 0.2) is 23.0 Å². The fourth-order valence-electron chi connectivity index (χ4n) is 2.55. The number of pyridine rings is 1. The van der Waals surface area contributed by atoms with Crippen LogP contribution in [0.25, 0.3) is 11.1 Å². The highest BCUT2D eigenvalue weighted by Gasteiger charge is 2.19. The molecule has 9 nitrogen and oxygen atoms in total. The number of carbonyl (C=O) groups is 1. The lowest BCUT2D eigenvalue weighted by Crippen LogP contribution is -2.16. The molecule has 0 bridgehead atoms. The molecule has 9 heteroatoms. The summed E-state index contributed by atoms with van der Waals surface area (Å²) in [5.41, 5.74) is 5.24. The first-order chi connectivity index (χ1) is 13.5. The number of anilines is 1. The first-order valence-corrected chi connectivity index (χ1v) is 8.29. The lowest BCUT2D eigenvalue weighted by molar-refractivity contribution is -0.143. The minimum Gasteiger partial charge on any atom is -0.493 e. The molecule has 0 unspecified atom stereocenters. The number of hydrogen-bond donors (Lipinski definition) is 2. The number of H-pyrrole nitrogens is 1. The maximum absolute atomic E-state index is 12.1. The molecule has 0 amide bonds. The molecule has 0 atom stereocenters. The monoisotopic (exact) mass is 382 g/mol. The average Bonchev–Trinajstić information content (AvgIpc) is 2.67. The number of hydrogen-bond acceptors (Lipinski definition) is 8. The van der Waals surface area contributed by atoms with E-state index in [1.54, 1.807) is 25.1 Å².